The van der Waals surface area contributed by atoms with Gasteiger partial charge in [-0.2, -0.15) is 0 Å². The van der Waals surface area contributed by atoms with Crippen LogP contribution in [-0.2, 0) is 6.42 Å². The molecule has 1 aliphatic carbocycles. The molecule has 2 N–H and O–H groups in total. The number of ketones is 1. The van der Waals surface area contributed by atoms with E-state index in [1.54, 1.807) is 0 Å². The molecular weight excluding hydrogens is 214 g/mol. The molecule has 2 aliphatic rings. The topological polar surface area (TPSA) is 52.3 Å². The summed E-state index contributed by atoms with van der Waals surface area (Å²) in [5, 5.41) is 0. The van der Waals surface area contributed by atoms with Gasteiger partial charge in [0.05, 0.1) is 17.7 Å². The molecule has 0 saturated heterocycles. The van der Waals surface area contributed by atoms with Crippen LogP contribution < -0.4 is 10.5 Å². The van der Waals surface area contributed by atoms with Crippen LogP contribution in [0.1, 0.15) is 41.6 Å². The van der Waals surface area contributed by atoms with Crippen LogP contribution in [0.15, 0.2) is 18.2 Å². The second-order valence-electron chi connectivity index (χ2n) is 5.08. The van der Waals surface area contributed by atoms with Crippen LogP contribution in [0.5, 0.6) is 5.75 Å². The van der Waals surface area contributed by atoms with E-state index in [2.05, 4.69) is 0 Å². The van der Waals surface area contributed by atoms with Crippen LogP contribution in [0.4, 0.5) is 0 Å². The van der Waals surface area contributed by atoms with Crippen molar-refractivity contribution in [2.24, 2.45) is 5.73 Å². The van der Waals surface area contributed by atoms with Crippen molar-refractivity contribution < 1.29 is 9.53 Å². The summed E-state index contributed by atoms with van der Waals surface area (Å²) in [6.07, 6.45) is 4.68. The molecular formula is C14H17NO2. The van der Waals surface area contributed by atoms with Crippen molar-refractivity contribution in [2.45, 2.75) is 37.6 Å². The second kappa shape index (κ2) is 3.84. The van der Waals surface area contributed by atoms with Crippen molar-refractivity contribution in [3.05, 3.63) is 29.3 Å². The maximum absolute atomic E-state index is 12.4. The van der Waals surface area contributed by atoms with Crippen LogP contribution in [0.2, 0.25) is 0 Å². The van der Waals surface area contributed by atoms with Crippen LogP contribution >= 0.6 is 0 Å². The summed E-state index contributed by atoms with van der Waals surface area (Å²) in [7, 11) is 0. The number of aryl methyl sites for hydroxylation is 1. The maximum atomic E-state index is 12.4. The summed E-state index contributed by atoms with van der Waals surface area (Å²) < 4.78 is 5.66. The van der Waals surface area contributed by atoms with Gasteiger partial charge in [0.2, 0.25) is 0 Å². The van der Waals surface area contributed by atoms with E-state index in [4.69, 9.17) is 10.5 Å². The zero-order chi connectivity index (χ0) is 11.9. The molecule has 0 spiro atoms. The summed E-state index contributed by atoms with van der Waals surface area (Å²) >= 11 is 0. The van der Waals surface area contributed by atoms with Gasteiger partial charge in [0.15, 0.2) is 5.78 Å². The minimum Gasteiger partial charge on any atom is -0.493 e. The van der Waals surface area contributed by atoms with Crippen molar-refractivity contribution in [1.82, 2.24) is 0 Å². The van der Waals surface area contributed by atoms with Gasteiger partial charge in [0, 0.05) is 0 Å². The zero-order valence-electron chi connectivity index (χ0n) is 9.87. The number of Topliss-reactive ketones (excluding diaryl/α,β-unsaturated/α-hetero) is 1. The number of rotatable bonds is 2. The average molecular weight is 231 g/mol. The quantitative estimate of drug-likeness (QED) is 0.793. The first kappa shape index (κ1) is 10.8. The van der Waals surface area contributed by atoms with Crippen molar-refractivity contribution in [3.8, 4) is 5.75 Å². The molecule has 0 amide bonds. The van der Waals surface area contributed by atoms with Crippen LogP contribution in [0.25, 0.3) is 0 Å². The van der Waals surface area contributed by atoms with E-state index < -0.39 is 5.54 Å². The Labute approximate surface area is 101 Å². The fraction of sp³-hybridized carbons (Fsp3) is 0.500. The molecule has 90 valence electrons. The number of hydrogen-bond acceptors (Lipinski definition) is 3. The highest BCUT2D eigenvalue weighted by molar-refractivity contribution is 6.06. The van der Waals surface area contributed by atoms with Gasteiger partial charge < -0.3 is 10.5 Å². The lowest BCUT2D eigenvalue weighted by atomic mass is 9.72. The van der Waals surface area contributed by atoms with Gasteiger partial charge >= 0.3 is 0 Å². The second-order valence-corrected chi connectivity index (χ2v) is 5.08. The lowest BCUT2D eigenvalue weighted by Gasteiger charge is -2.37. The highest BCUT2D eigenvalue weighted by atomic mass is 16.5. The summed E-state index contributed by atoms with van der Waals surface area (Å²) in [5.74, 6) is 0.836. The fourth-order valence-corrected chi connectivity index (χ4v) is 2.62. The molecule has 0 unspecified atom stereocenters. The Morgan fingerprint density at radius 3 is 2.82 bits per heavy atom. The molecule has 17 heavy (non-hydrogen) atoms. The predicted molar refractivity (Wildman–Crippen MR) is 65.4 cm³/mol. The molecule has 3 rings (SSSR count). The smallest absolute Gasteiger partial charge is 0.186 e. The van der Waals surface area contributed by atoms with Crippen LogP contribution in [0.3, 0.4) is 0 Å². The Kier molecular flexibility index (Phi) is 2.44. The summed E-state index contributed by atoms with van der Waals surface area (Å²) in [6.45, 7) is 0.703. The van der Waals surface area contributed by atoms with Gasteiger partial charge in [-0.15, -0.1) is 0 Å². The molecule has 1 saturated carbocycles. The van der Waals surface area contributed by atoms with E-state index in [1.807, 2.05) is 18.2 Å². The largest absolute Gasteiger partial charge is 0.493 e. The normalized spacial score (nSPS) is 21.0. The van der Waals surface area contributed by atoms with Crippen molar-refractivity contribution in [2.75, 3.05) is 6.61 Å². The molecule has 0 radical (unpaired) electrons. The Balaban J connectivity index is 2.00. The third kappa shape index (κ3) is 1.65. The van der Waals surface area contributed by atoms with Crippen LogP contribution in [0, 0.1) is 0 Å². The molecule has 0 atom stereocenters. The van der Waals surface area contributed by atoms with Crippen molar-refractivity contribution in [1.29, 1.82) is 0 Å². The lowest BCUT2D eigenvalue weighted by molar-refractivity contribution is 0.0795. The maximum Gasteiger partial charge on any atom is 0.186 e. The van der Waals surface area contributed by atoms with Crippen molar-refractivity contribution >= 4 is 5.78 Å². The van der Waals surface area contributed by atoms with Gasteiger partial charge in [-0.1, -0.05) is 12.1 Å². The highest BCUT2D eigenvalue weighted by Gasteiger charge is 2.41. The highest BCUT2D eigenvalue weighted by Crippen LogP contribution is 2.37. The summed E-state index contributed by atoms with van der Waals surface area (Å²) in [5.41, 5.74) is 7.31. The SMILES string of the molecule is NC1(C(=O)c2cccc3c2OCCC3)CCC1. The zero-order valence-corrected chi connectivity index (χ0v) is 9.87. The van der Waals surface area contributed by atoms with Gasteiger partial charge in [-0.3, -0.25) is 4.79 Å². The van der Waals surface area contributed by atoms with E-state index in [-0.39, 0.29) is 5.78 Å². The Hall–Kier alpha value is -1.35. The van der Waals surface area contributed by atoms with Gasteiger partial charge in [-0.25, -0.2) is 0 Å². The molecule has 1 heterocycles. The van der Waals surface area contributed by atoms with Gasteiger partial charge in [0.25, 0.3) is 0 Å². The average Bonchev–Trinajstić information content (AvgIpc) is 2.34. The third-order valence-corrected chi connectivity index (χ3v) is 3.88. The van der Waals surface area contributed by atoms with E-state index >= 15 is 0 Å². The molecule has 1 fully saturated rings. The first-order valence-electron chi connectivity index (χ1n) is 6.29. The van der Waals surface area contributed by atoms with Crippen molar-refractivity contribution in [3.63, 3.8) is 0 Å². The number of hydrogen-bond donors (Lipinski definition) is 1. The number of nitrogens with two attached hydrogens (primary N) is 1. The number of ether oxygens (including phenoxy) is 1. The molecule has 3 heteroatoms. The van der Waals surface area contributed by atoms with E-state index in [9.17, 15) is 4.79 Å². The lowest BCUT2D eigenvalue weighted by Crippen LogP contribution is -2.53. The standard InChI is InChI=1S/C14H17NO2/c15-14(7-3-8-14)13(16)11-6-1-4-10-5-2-9-17-12(10)11/h1,4,6H,2-3,5,7-9,15H2. The Morgan fingerprint density at radius 1 is 1.29 bits per heavy atom. The predicted octanol–water partition coefficient (Wildman–Crippen LogP) is 2.08. The van der Waals surface area contributed by atoms with E-state index in [0.717, 1.165) is 43.4 Å². The molecule has 3 nitrogen and oxygen atoms in total. The molecule has 1 aromatic carbocycles. The number of carbonyl (C=O) groups is 1. The molecule has 1 aliphatic heterocycles. The number of para-hydroxylation sites is 1. The Morgan fingerprint density at radius 2 is 2.12 bits per heavy atom. The minimum atomic E-state index is -0.629. The first-order chi connectivity index (χ1) is 8.21. The van der Waals surface area contributed by atoms with Gasteiger partial charge in [0.1, 0.15) is 5.75 Å². The molecule has 1 aromatic rings. The van der Waals surface area contributed by atoms with Crippen LogP contribution in [-0.4, -0.2) is 17.9 Å². The molecule has 0 bridgehead atoms. The molecule has 0 aromatic heterocycles. The minimum absolute atomic E-state index is 0.0579. The van der Waals surface area contributed by atoms with E-state index in [0.29, 0.717) is 12.2 Å². The third-order valence-electron chi connectivity index (χ3n) is 3.88. The monoisotopic (exact) mass is 231 g/mol. The first-order valence-corrected chi connectivity index (χ1v) is 6.29. The number of benzene rings is 1. The van der Waals surface area contributed by atoms with Gasteiger partial charge in [-0.05, 0) is 43.7 Å². The fourth-order valence-electron chi connectivity index (χ4n) is 2.62. The summed E-state index contributed by atoms with van der Waals surface area (Å²) in [4.78, 5) is 12.4. The number of carbonyl (C=O) groups excluding carboxylic acids is 1. The van der Waals surface area contributed by atoms with E-state index in [1.165, 1.54) is 0 Å². The number of fused-ring (bicyclic) bond motifs is 1. The Bertz CT molecular complexity index is 463. The summed E-state index contributed by atoms with van der Waals surface area (Å²) in [6, 6.07) is 5.82.